The zero-order valence-electron chi connectivity index (χ0n) is 31.4. The summed E-state index contributed by atoms with van der Waals surface area (Å²) in [6, 6.07) is 21.6. The summed E-state index contributed by atoms with van der Waals surface area (Å²) >= 11 is 0. The molecule has 13 nitrogen and oxygen atoms in total. The molecule has 0 aliphatic heterocycles. The van der Waals surface area contributed by atoms with Crippen molar-refractivity contribution in [3.63, 3.8) is 0 Å². The average Bonchev–Trinajstić information content (AvgIpc) is 3.19. The maximum Gasteiger partial charge on any atom is 0.305 e. The SMILES string of the molecule is COC(=O)CCCCCC(O)C(=O)Nc1ccc(OC)cc1.COC(=O)CCCCCC(OCc1ccc(OC)cc1)C(=O)Nc1ccc(OC)cc1. The summed E-state index contributed by atoms with van der Waals surface area (Å²) in [5.74, 6) is 1.09. The largest absolute Gasteiger partial charge is 0.497 e. The van der Waals surface area contributed by atoms with Gasteiger partial charge in [-0.2, -0.15) is 0 Å². The Hall–Kier alpha value is -5.14. The summed E-state index contributed by atoms with van der Waals surface area (Å²) < 4.78 is 30.5. The van der Waals surface area contributed by atoms with E-state index in [2.05, 4.69) is 20.1 Å². The third-order valence-corrected chi connectivity index (χ3v) is 8.08. The third kappa shape index (κ3) is 18.3. The maximum atomic E-state index is 12.8. The molecule has 0 aliphatic carbocycles. The van der Waals surface area contributed by atoms with Gasteiger partial charge >= 0.3 is 11.9 Å². The van der Waals surface area contributed by atoms with E-state index in [1.807, 2.05) is 24.3 Å². The standard InChI is InChI=1S/C24H31NO6.C16H23NO5/c1-28-20-13-9-18(10-14-20)17-31-22(7-5-4-6-8-23(26)30-3)24(27)25-19-11-15-21(29-2)16-12-19;1-21-13-10-8-12(9-11-13)17-16(20)14(18)6-4-3-5-7-15(19)22-2/h9-16,22H,4-8,17H2,1-3H3,(H,25,27);8-11,14,18H,3-7H2,1-2H3,(H,17,20). The van der Waals surface area contributed by atoms with Crippen LogP contribution in [0, 0.1) is 0 Å². The number of carbonyl (C=O) groups is 4. The summed E-state index contributed by atoms with van der Waals surface area (Å²) in [5.41, 5.74) is 2.24. The van der Waals surface area contributed by atoms with Gasteiger partial charge in [0.2, 0.25) is 0 Å². The second-order valence-electron chi connectivity index (χ2n) is 11.9. The van der Waals surface area contributed by atoms with Gasteiger partial charge < -0.3 is 44.2 Å². The first kappa shape index (κ1) is 44.0. The Balaban J connectivity index is 0.000000390. The van der Waals surface area contributed by atoms with Crippen LogP contribution >= 0.6 is 0 Å². The Bertz CT molecular complexity index is 1500. The predicted octanol–water partition coefficient (Wildman–Crippen LogP) is 6.47. The molecule has 3 aromatic rings. The molecule has 2 atom stereocenters. The summed E-state index contributed by atoms with van der Waals surface area (Å²) in [4.78, 5) is 46.8. The van der Waals surface area contributed by atoms with E-state index in [4.69, 9.17) is 18.9 Å². The van der Waals surface area contributed by atoms with Crippen LogP contribution in [0.4, 0.5) is 11.4 Å². The van der Waals surface area contributed by atoms with E-state index in [1.54, 1.807) is 69.9 Å². The number of carbonyl (C=O) groups excluding carboxylic acids is 4. The Morgan fingerprint density at radius 1 is 0.547 bits per heavy atom. The Labute approximate surface area is 312 Å². The number of hydrogen-bond acceptors (Lipinski definition) is 11. The number of nitrogens with one attached hydrogen (secondary N) is 2. The quantitative estimate of drug-likeness (QED) is 0.0764. The van der Waals surface area contributed by atoms with Crippen molar-refractivity contribution in [2.75, 3.05) is 46.2 Å². The van der Waals surface area contributed by atoms with Crippen molar-refractivity contribution < 1.29 is 52.7 Å². The van der Waals surface area contributed by atoms with Crippen LogP contribution < -0.4 is 24.8 Å². The zero-order chi connectivity index (χ0) is 38.8. The molecule has 0 heterocycles. The molecule has 0 aliphatic rings. The van der Waals surface area contributed by atoms with Gasteiger partial charge in [0, 0.05) is 24.2 Å². The van der Waals surface area contributed by atoms with Crippen molar-refractivity contribution in [3.05, 3.63) is 78.4 Å². The number of anilines is 2. The Morgan fingerprint density at radius 2 is 0.962 bits per heavy atom. The van der Waals surface area contributed by atoms with Crippen molar-refractivity contribution in [1.29, 1.82) is 0 Å². The molecule has 0 radical (unpaired) electrons. The lowest BCUT2D eigenvalue weighted by molar-refractivity contribution is -0.141. The van der Waals surface area contributed by atoms with Gasteiger partial charge in [-0.1, -0.05) is 37.8 Å². The number of ether oxygens (including phenoxy) is 6. The molecule has 3 N–H and O–H groups in total. The van der Waals surface area contributed by atoms with Gasteiger partial charge in [-0.15, -0.1) is 0 Å². The van der Waals surface area contributed by atoms with Crippen molar-refractivity contribution in [1.82, 2.24) is 0 Å². The molecule has 0 bridgehead atoms. The van der Waals surface area contributed by atoms with Gasteiger partial charge in [-0.05, 0) is 91.9 Å². The first-order valence-electron chi connectivity index (χ1n) is 17.6. The van der Waals surface area contributed by atoms with Gasteiger partial charge in [0.25, 0.3) is 11.8 Å². The molecular weight excluding hydrogens is 684 g/mol. The number of methoxy groups -OCH3 is 5. The van der Waals surface area contributed by atoms with Gasteiger partial charge in [0.1, 0.15) is 29.5 Å². The smallest absolute Gasteiger partial charge is 0.305 e. The molecule has 3 aromatic carbocycles. The van der Waals surface area contributed by atoms with E-state index in [9.17, 15) is 24.3 Å². The fraction of sp³-hybridized carbons (Fsp3) is 0.450. The first-order chi connectivity index (χ1) is 25.6. The van der Waals surface area contributed by atoms with Crippen LogP contribution in [0.2, 0.25) is 0 Å². The fourth-order valence-electron chi connectivity index (χ4n) is 4.90. The lowest BCUT2D eigenvalue weighted by Gasteiger charge is -2.18. The highest BCUT2D eigenvalue weighted by Gasteiger charge is 2.20. The number of benzene rings is 3. The highest BCUT2D eigenvalue weighted by atomic mass is 16.5. The molecule has 2 amide bonds. The van der Waals surface area contributed by atoms with Crippen molar-refractivity contribution >= 4 is 35.1 Å². The maximum absolute atomic E-state index is 12.8. The Morgan fingerprint density at radius 3 is 1.40 bits per heavy atom. The number of hydrogen-bond donors (Lipinski definition) is 3. The van der Waals surface area contributed by atoms with Crippen molar-refractivity contribution in [2.45, 2.75) is 83.0 Å². The molecule has 3 rings (SSSR count). The molecule has 290 valence electrons. The monoisotopic (exact) mass is 738 g/mol. The summed E-state index contributed by atoms with van der Waals surface area (Å²) in [6.45, 7) is 0.312. The lowest BCUT2D eigenvalue weighted by Crippen LogP contribution is -2.30. The number of aliphatic hydroxyl groups excluding tert-OH is 1. The lowest BCUT2D eigenvalue weighted by atomic mass is 10.1. The highest BCUT2D eigenvalue weighted by Crippen LogP contribution is 2.19. The van der Waals surface area contributed by atoms with Gasteiger partial charge in [-0.25, -0.2) is 0 Å². The molecule has 0 saturated heterocycles. The zero-order valence-corrected chi connectivity index (χ0v) is 31.4. The molecule has 0 saturated carbocycles. The van der Waals surface area contributed by atoms with Crippen molar-refractivity contribution in [2.24, 2.45) is 0 Å². The van der Waals surface area contributed by atoms with Gasteiger partial charge in [-0.3, -0.25) is 19.2 Å². The first-order valence-corrected chi connectivity index (χ1v) is 17.6. The second-order valence-corrected chi connectivity index (χ2v) is 11.9. The minimum absolute atomic E-state index is 0.202. The summed E-state index contributed by atoms with van der Waals surface area (Å²) in [5, 5.41) is 15.4. The topological polar surface area (TPSA) is 168 Å². The van der Waals surface area contributed by atoms with E-state index >= 15 is 0 Å². The Kier molecular flexibility index (Phi) is 21.4. The van der Waals surface area contributed by atoms with Crippen LogP contribution in [-0.4, -0.2) is 76.6 Å². The van der Waals surface area contributed by atoms with Crippen LogP contribution in [0.15, 0.2) is 72.8 Å². The summed E-state index contributed by atoms with van der Waals surface area (Å²) in [7, 11) is 7.52. The molecular formula is C40H54N2O11. The molecule has 53 heavy (non-hydrogen) atoms. The second kappa shape index (κ2) is 25.8. The molecule has 2 unspecified atom stereocenters. The fourth-order valence-corrected chi connectivity index (χ4v) is 4.90. The van der Waals surface area contributed by atoms with E-state index in [1.165, 1.54) is 14.2 Å². The van der Waals surface area contributed by atoms with Crippen LogP contribution in [0.5, 0.6) is 17.2 Å². The number of esters is 2. The third-order valence-electron chi connectivity index (χ3n) is 8.08. The minimum atomic E-state index is -1.06. The summed E-state index contributed by atoms with van der Waals surface area (Å²) in [6.07, 6.45) is 4.43. The van der Waals surface area contributed by atoms with Crippen LogP contribution in [0.3, 0.4) is 0 Å². The number of aliphatic hydroxyl groups is 1. The van der Waals surface area contributed by atoms with E-state index in [-0.39, 0.29) is 17.8 Å². The van der Waals surface area contributed by atoms with E-state index in [0.29, 0.717) is 62.3 Å². The van der Waals surface area contributed by atoms with E-state index in [0.717, 1.165) is 42.7 Å². The number of rotatable bonds is 22. The highest BCUT2D eigenvalue weighted by molar-refractivity contribution is 5.94. The van der Waals surface area contributed by atoms with Crippen LogP contribution in [-0.2, 0) is 40.0 Å². The van der Waals surface area contributed by atoms with Crippen molar-refractivity contribution in [3.8, 4) is 17.2 Å². The molecule has 0 aromatic heterocycles. The predicted molar refractivity (Wildman–Crippen MR) is 201 cm³/mol. The molecule has 0 spiro atoms. The van der Waals surface area contributed by atoms with Gasteiger partial charge in [0.15, 0.2) is 0 Å². The van der Waals surface area contributed by atoms with E-state index < -0.39 is 18.1 Å². The molecule has 13 heteroatoms. The number of amides is 2. The van der Waals surface area contributed by atoms with Gasteiger partial charge in [0.05, 0.1) is 42.2 Å². The van der Waals surface area contributed by atoms with Crippen LogP contribution in [0.1, 0.15) is 69.8 Å². The molecule has 0 fully saturated rings. The average molecular weight is 739 g/mol. The normalized spacial score (nSPS) is 11.5. The number of unbranched alkanes of at least 4 members (excludes halogenated alkanes) is 4. The van der Waals surface area contributed by atoms with Crippen LogP contribution in [0.25, 0.3) is 0 Å². The minimum Gasteiger partial charge on any atom is -0.497 e.